The van der Waals surface area contributed by atoms with Crippen LogP contribution in [0.25, 0.3) is 0 Å². The molecule has 144 valence electrons. The Labute approximate surface area is 158 Å². The summed E-state index contributed by atoms with van der Waals surface area (Å²) in [7, 11) is -2.37. The van der Waals surface area contributed by atoms with Gasteiger partial charge in [0.2, 0.25) is 10.0 Å². The number of para-hydroxylation sites is 1. The van der Waals surface area contributed by atoms with Crippen LogP contribution in [0.2, 0.25) is 0 Å². The van der Waals surface area contributed by atoms with Crippen LogP contribution in [0.5, 0.6) is 5.75 Å². The van der Waals surface area contributed by atoms with E-state index in [-0.39, 0.29) is 17.2 Å². The van der Waals surface area contributed by atoms with Gasteiger partial charge in [0, 0.05) is 19.0 Å². The van der Waals surface area contributed by atoms with Crippen molar-refractivity contribution in [2.45, 2.75) is 24.7 Å². The van der Waals surface area contributed by atoms with Crippen molar-refractivity contribution in [1.82, 2.24) is 4.31 Å². The van der Waals surface area contributed by atoms with E-state index in [2.05, 4.69) is 0 Å². The number of aryl methyl sites for hydroxylation is 1. The second kappa shape index (κ2) is 7.78. The standard InChI is InChI=1S/C20H22FNO4S/c1-14-9-10-16(21)12-19(14)27(24,25)22-11-5-6-15(13-22)20(23)17-7-3-4-8-18(17)26-2/h3-4,7-10,12,15H,5-6,11,13H2,1-2H3/t15-/m1/s1. The number of hydrogen-bond acceptors (Lipinski definition) is 4. The lowest BCUT2D eigenvalue weighted by Gasteiger charge is -2.31. The number of rotatable bonds is 5. The molecule has 27 heavy (non-hydrogen) atoms. The van der Waals surface area contributed by atoms with Crippen molar-refractivity contribution >= 4 is 15.8 Å². The van der Waals surface area contributed by atoms with E-state index in [4.69, 9.17) is 4.74 Å². The molecule has 0 N–H and O–H groups in total. The number of carbonyl (C=O) groups excluding carboxylic acids is 1. The molecule has 0 radical (unpaired) electrons. The molecule has 0 amide bonds. The van der Waals surface area contributed by atoms with E-state index in [1.807, 2.05) is 0 Å². The Morgan fingerprint density at radius 1 is 1.22 bits per heavy atom. The minimum atomic E-state index is -3.87. The van der Waals surface area contributed by atoms with Gasteiger partial charge in [0.25, 0.3) is 0 Å². The van der Waals surface area contributed by atoms with Crippen molar-refractivity contribution in [2.75, 3.05) is 20.2 Å². The lowest BCUT2D eigenvalue weighted by Crippen LogP contribution is -2.42. The minimum absolute atomic E-state index is 0.0482. The van der Waals surface area contributed by atoms with Gasteiger partial charge < -0.3 is 4.74 Å². The molecule has 1 heterocycles. The molecule has 5 nitrogen and oxygen atoms in total. The molecule has 2 aromatic carbocycles. The summed E-state index contributed by atoms with van der Waals surface area (Å²) in [5.41, 5.74) is 0.931. The molecular weight excluding hydrogens is 369 g/mol. The highest BCUT2D eigenvalue weighted by atomic mass is 32.2. The largest absolute Gasteiger partial charge is 0.496 e. The second-order valence-electron chi connectivity index (χ2n) is 6.68. The normalized spacial score (nSPS) is 18.3. The number of nitrogens with zero attached hydrogens (tertiary/aromatic N) is 1. The zero-order valence-corrected chi connectivity index (χ0v) is 16.1. The number of sulfonamides is 1. The van der Waals surface area contributed by atoms with E-state index >= 15 is 0 Å². The van der Waals surface area contributed by atoms with Crippen molar-refractivity contribution in [3.8, 4) is 5.75 Å². The smallest absolute Gasteiger partial charge is 0.243 e. The molecule has 1 fully saturated rings. The van der Waals surface area contributed by atoms with Crippen LogP contribution in [0.15, 0.2) is 47.4 Å². The molecule has 0 bridgehead atoms. The molecule has 0 saturated carbocycles. The summed E-state index contributed by atoms with van der Waals surface area (Å²) in [5, 5.41) is 0. The van der Waals surface area contributed by atoms with Gasteiger partial charge in [-0.05, 0) is 49.6 Å². The molecule has 7 heteroatoms. The van der Waals surface area contributed by atoms with Gasteiger partial charge in [-0.1, -0.05) is 18.2 Å². The van der Waals surface area contributed by atoms with Gasteiger partial charge >= 0.3 is 0 Å². The maximum Gasteiger partial charge on any atom is 0.243 e. The molecule has 1 saturated heterocycles. The Hall–Kier alpha value is -2.25. The monoisotopic (exact) mass is 391 g/mol. The molecule has 0 unspecified atom stereocenters. The average Bonchev–Trinajstić information content (AvgIpc) is 2.69. The van der Waals surface area contributed by atoms with Gasteiger partial charge in [-0.2, -0.15) is 4.31 Å². The second-order valence-corrected chi connectivity index (χ2v) is 8.58. The van der Waals surface area contributed by atoms with Crippen molar-refractivity contribution in [2.24, 2.45) is 5.92 Å². The zero-order chi connectivity index (χ0) is 19.6. The fourth-order valence-electron chi connectivity index (χ4n) is 3.43. The summed E-state index contributed by atoms with van der Waals surface area (Å²) in [6.07, 6.45) is 1.17. The number of Topliss-reactive ketones (excluding diaryl/α,β-unsaturated/α-hetero) is 1. The SMILES string of the molecule is COc1ccccc1C(=O)[C@@H]1CCCN(S(=O)(=O)c2cc(F)ccc2C)C1. The summed E-state index contributed by atoms with van der Waals surface area (Å²) in [6.45, 7) is 2.02. The lowest BCUT2D eigenvalue weighted by atomic mass is 9.90. The van der Waals surface area contributed by atoms with Crippen molar-refractivity contribution < 1.29 is 22.3 Å². The van der Waals surface area contributed by atoms with Gasteiger partial charge in [0.1, 0.15) is 11.6 Å². The summed E-state index contributed by atoms with van der Waals surface area (Å²) in [5.74, 6) is -0.719. The molecule has 1 aliphatic rings. The first-order chi connectivity index (χ1) is 12.8. The molecule has 3 rings (SSSR count). The zero-order valence-electron chi connectivity index (χ0n) is 15.3. The first kappa shape index (κ1) is 19.5. The maximum absolute atomic E-state index is 13.6. The van der Waals surface area contributed by atoms with Crippen LogP contribution in [0, 0.1) is 18.7 Å². The third-order valence-electron chi connectivity index (χ3n) is 4.90. The third-order valence-corrected chi connectivity index (χ3v) is 6.90. The van der Waals surface area contributed by atoms with Crippen molar-refractivity contribution in [1.29, 1.82) is 0 Å². The molecule has 2 aromatic rings. The fraction of sp³-hybridized carbons (Fsp3) is 0.350. The summed E-state index contributed by atoms with van der Waals surface area (Å²) < 4.78 is 46.2. The topological polar surface area (TPSA) is 63.7 Å². The van der Waals surface area contributed by atoms with E-state index in [1.54, 1.807) is 31.2 Å². The summed E-state index contributed by atoms with van der Waals surface area (Å²) in [6, 6.07) is 10.6. The van der Waals surface area contributed by atoms with E-state index in [0.717, 1.165) is 6.07 Å². The van der Waals surface area contributed by atoms with Gasteiger partial charge in [-0.25, -0.2) is 12.8 Å². The molecule has 1 atom stereocenters. The lowest BCUT2D eigenvalue weighted by molar-refractivity contribution is 0.0869. The third kappa shape index (κ3) is 3.89. The van der Waals surface area contributed by atoms with Crippen LogP contribution in [-0.2, 0) is 10.0 Å². The molecule has 0 aliphatic carbocycles. The van der Waals surface area contributed by atoms with E-state index in [1.165, 1.54) is 23.5 Å². The Morgan fingerprint density at radius 3 is 2.70 bits per heavy atom. The maximum atomic E-state index is 13.6. The number of benzene rings is 2. The summed E-state index contributed by atoms with van der Waals surface area (Å²) >= 11 is 0. The summed E-state index contributed by atoms with van der Waals surface area (Å²) in [4.78, 5) is 12.9. The van der Waals surface area contributed by atoms with Crippen LogP contribution in [0.1, 0.15) is 28.8 Å². The number of hydrogen-bond donors (Lipinski definition) is 0. The predicted molar refractivity (Wildman–Crippen MR) is 99.9 cm³/mol. The first-order valence-corrected chi connectivity index (χ1v) is 10.2. The molecule has 0 aromatic heterocycles. The first-order valence-electron chi connectivity index (χ1n) is 8.78. The highest BCUT2D eigenvalue weighted by molar-refractivity contribution is 7.89. The minimum Gasteiger partial charge on any atom is -0.496 e. The molecular formula is C20H22FNO4S. The van der Waals surface area contributed by atoms with E-state index in [0.29, 0.717) is 36.3 Å². The van der Waals surface area contributed by atoms with E-state index < -0.39 is 21.8 Å². The number of piperidine rings is 1. The average molecular weight is 391 g/mol. The van der Waals surface area contributed by atoms with Crippen LogP contribution in [0.4, 0.5) is 4.39 Å². The highest BCUT2D eigenvalue weighted by Gasteiger charge is 2.35. The Kier molecular flexibility index (Phi) is 5.62. The Balaban J connectivity index is 1.87. The number of methoxy groups -OCH3 is 1. The Bertz CT molecular complexity index is 958. The van der Waals surface area contributed by atoms with Crippen LogP contribution in [-0.4, -0.2) is 38.7 Å². The Morgan fingerprint density at radius 2 is 1.96 bits per heavy atom. The van der Waals surface area contributed by atoms with Crippen molar-refractivity contribution in [3.63, 3.8) is 0 Å². The van der Waals surface area contributed by atoms with Crippen LogP contribution >= 0.6 is 0 Å². The number of halogens is 1. The van der Waals surface area contributed by atoms with Gasteiger partial charge in [-0.3, -0.25) is 4.79 Å². The fourth-order valence-corrected chi connectivity index (χ4v) is 5.19. The molecule has 1 aliphatic heterocycles. The highest BCUT2D eigenvalue weighted by Crippen LogP contribution is 2.30. The quantitative estimate of drug-likeness (QED) is 0.733. The van der Waals surface area contributed by atoms with Crippen molar-refractivity contribution in [3.05, 3.63) is 59.4 Å². The number of ketones is 1. The predicted octanol–water partition coefficient (Wildman–Crippen LogP) is 3.43. The van der Waals surface area contributed by atoms with Gasteiger partial charge in [0.05, 0.1) is 17.6 Å². The molecule has 0 spiro atoms. The van der Waals surface area contributed by atoms with Gasteiger partial charge in [-0.15, -0.1) is 0 Å². The number of ether oxygens (including phenoxy) is 1. The number of carbonyl (C=O) groups is 1. The van der Waals surface area contributed by atoms with Crippen LogP contribution in [0.3, 0.4) is 0 Å². The van der Waals surface area contributed by atoms with Crippen LogP contribution < -0.4 is 4.74 Å². The van der Waals surface area contributed by atoms with Gasteiger partial charge in [0.15, 0.2) is 5.78 Å². The van der Waals surface area contributed by atoms with E-state index in [9.17, 15) is 17.6 Å².